The number of aromatic nitrogens is 3. The van der Waals surface area contributed by atoms with Gasteiger partial charge in [-0.3, -0.25) is 4.98 Å². The number of rotatable bonds is 7. The molecule has 0 aliphatic heterocycles. The summed E-state index contributed by atoms with van der Waals surface area (Å²) in [4.78, 5) is 5.68. The first-order valence-electron chi connectivity index (χ1n) is 8.04. The van der Waals surface area contributed by atoms with Crippen LogP contribution in [0.1, 0.15) is 10.4 Å². The van der Waals surface area contributed by atoms with Gasteiger partial charge in [-0.25, -0.2) is 4.39 Å². The second kappa shape index (κ2) is 8.11. The summed E-state index contributed by atoms with van der Waals surface area (Å²) in [7, 11) is 0. The number of anilines is 1. The van der Waals surface area contributed by atoms with Crippen LogP contribution in [0.5, 0.6) is 0 Å². The zero-order chi connectivity index (χ0) is 17.8. The molecular weight excluding hydrogens is 387 g/mol. The molecule has 0 unspecified atom stereocenters. The first kappa shape index (κ1) is 17.4. The summed E-state index contributed by atoms with van der Waals surface area (Å²) in [6.45, 7) is 0.840. The van der Waals surface area contributed by atoms with Crippen LogP contribution in [0.3, 0.4) is 0 Å². The van der Waals surface area contributed by atoms with Gasteiger partial charge in [0, 0.05) is 28.8 Å². The maximum absolute atomic E-state index is 13.9. The molecule has 0 aliphatic carbocycles. The van der Waals surface area contributed by atoms with Crippen LogP contribution in [-0.4, -0.2) is 21.7 Å². The molecule has 132 valence electrons. The highest BCUT2D eigenvalue weighted by molar-refractivity contribution is 8.00. The molecule has 3 aromatic heterocycles. The Kier molecular flexibility index (Phi) is 5.42. The van der Waals surface area contributed by atoms with E-state index >= 15 is 0 Å². The SMILES string of the molecule is Fc1ccc(CSc2nnc(NCCc3cccs3)s2)c2ncccc12. The fraction of sp³-hybridized carbons (Fsp3) is 0.167. The van der Waals surface area contributed by atoms with E-state index in [1.165, 1.54) is 22.3 Å². The summed E-state index contributed by atoms with van der Waals surface area (Å²) in [5.41, 5.74) is 1.70. The van der Waals surface area contributed by atoms with Crippen LogP contribution >= 0.6 is 34.4 Å². The van der Waals surface area contributed by atoms with E-state index in [-0.39, 0.29) is 5.82 Å². The van der Waals surface area contributed by atoms with Gasteiger partial charge in [0.25, 0.3) is 0 Å². The van der Waals surface area contributed by atoms with E-state index in [0.717, 1.165) is 28.0 Å². The lowest BCUT2D eigenvalue weighted by molar-refractivity contribution is 0.639. The number of nitrogens with one attached hydrogen (secondary N) is 1. The monoisotopic (exact) mass is 402 g/mol. The summed E-state index contributed by atoms with van der Waals surface area (Å²) in [5, 5.41) is 15.2. The highest BCUT2D eigenvalue weighted by Crippen LogP contribution is 2.30. The van der Waals surface area contributed by atoms with E-state index in [2.05, 4.69) is 38.0 Å². The molecule has 0 spiro atoms. The Morgan fingerprint density at radius 2 is 2.08 bits per heavy atom. The number of hydrogen-bond donors (Lipinski definition) is 1. The van der Waals surface area contributed by atoms with Gasteiger partial charge < -0.3 is 5.32 Å². The van der Waals surface area contributed by atoms with E-state index < -0.39 is 0 Å². The van der Waals surface area contributed by atoms with Gasteiger partial charge >= 0.3 is 0 Å². The molecule has 4 nitrogen and oxygen atoms in total. The van der Waals surface area contributed by atoms with Crippen molar-refractivity contribution in [1.29, 1.82) is 0 Å². The fourth-order valence-corrected chi connectivity index (χ4v) is 5.01. The fourth-order valence-electron chi connectivity index (χ4n) is 2.54. The number of halogens is 1. The van der Waals surface area contributed by atoms with Gasteiger partial charge in [0.1, 0.15) is 5.82 Å². The molecule has 1 aromatic carbocycles. The van der Waals surface area contributed by atoms with Crippen LogP contribution < -0.4 is 5.32 Å². The molecule has 4 aromatic rings. The van der Waals surface area contributed by atoms with Crippen molar-refractivity contribution in [2.75, 3.05) is 11.9 Å². The van der Waals surface area contributed by atoms with E-state index in [0.29, 0.717) is 16.7 Å². The third kappa shape index (κ3) is 4.03. The zero-order valence-corrected chi connectivity index (χ0v) is 16.1. The van der Waals surface area contributed by atoms with Gasteiger partial charge in [0.2, 0.25) is 5.13 Å². The van der Waals surface area contributed by atoms with E-state index in [1.807, 2.05) is 0 Å². The van der Waals surface area contributed by atoms with Gasteiger partial charge in [0.05, 0.1) is 5.52 Å². The molecule has 0 aliphatic rings. The van der Waals surface area contributed by atoms with Crippen LogP contribution in [0.4, 0.5) is 9.52 Å². The molecule has 3 heterocycles. The smallest absolute Gasteiger partial charge is 0.206 e. The lowest BCUT2D eigenvalue weighted by Gasteiger charge is -2.05. The van der Waals surface area contributed by atoms with E-state index in [9.17, 15) is 4.39 Å². The highest BCUT2D eigenvalue weighted by atomic mass is 32.2. The number of thioether (sulfide) groups is 1. The molecule has 0 amide bonds. The normalized spacial score (nSPS) is 11.1. The van der Waals surface area contributed by atoms with Crippen molar-refractivity contribution in [3.63, 3.8) is 0 Å². The predicted molar refractivity (Wildman–Crippen MR) is 108 cm³/mol. The number of hydrogen-bond acceptors (Lipinski definition) is 7. The minimum atomic E-state index is -0.241. The number of thiophene rings is 1. The van der Waals surface area contributed by atoms with Crippen molar-refractivity contribution in [2.45, 2.75) is 16.5 Å². The Balaban J connectivity index is 1.37. The first-order chi connectivity index (χ1) is 12.8. The van der Waals surface area contributed by atoms with Crippen molar-refractivity contribution in [3.05, 3.63) is 64.2 Å². The Bertz CT molecular complexity index is 1000. The van der Waals surface area contributed by atoms with Crippen LogP contribution in [0, 0.1) is 5.82 Å². The first-order valence-corrected chi connectivity index (χ1v) is 10.7. The molecule has 8 heteroatoms. The molecule has 0 radical (unpaired) electrons. The third-order valence-corrected chi connectivity index (χ3v) is 6.78. The third-order valence-electron chi connectivity index (χ3n) is 3.79. The second-order valence-corrected chi connectivity index (χ2v) is 8.76. The largest absolute Gasteiger partial charge is 0.360 e. The quantitative estimate of drug-likeness (QED) is 0.429. The van der Waals surface area contributed by atoms with Crippen molar-refractivity contribution in [2.24, 2.45) is 0 Å². The molecule has 0 saturated carbocycles. The van der Waals surface area contributed by atoms with Crippen molar-refractivity contribution < 1.29 is 4.39 Å². The van der Waals surface area contributed by atoms with Crippen molar-refractivity contribution >= 4 is 50.5 Å². The van der Waals surface area contributed by atoms with Crippen molar-refractivity contribution in [1.82, 2.24) is 15.2 Å². The van der Waals surface area contributed by atoms with E-state index in [4.69, 9.17) is 0 Å². The molecule has 0 saturated heterocycles. The van der Waals surface area contributed by atoms with E-state index in [1.54, 1.807) is 47.5 Å². The van der Waals surface area contributed by atoms with Gasteiger partial charge in [-0.15, -0.1) is 21.5 Å². The lowest BCUT2D eigenvalue weighted by atomic mass is 10.1. The van der Waals surface area contributed by atoms with Crippen LogP contribution in [0.25, 0.3) is 10.9 Å². The molecule has 0 atom stereocenters. The van der Waals surface area contributed by atoms with Crippen molar-refractivity contribution in [3.8, 4) is 0 Å². The van der Waals surface area contributed by atoms with Gasteiger partial charge in [-0.1, -0.05) is 35.2 Å². The summed E-state index contributed by atoms with van der Waals surface area (Å²) in [6.07, 6.45) is 2.67. The predicted octanol–water partition coefficient (Wildman–Crippen LogP) is 5.23. The Hall–Kier alpha value is -2.03. The summed E-state index contributed by atoms with van der Waals surface area (Å²) in [5.74, 6) is 0.437. The average Bonchev–Trinajstić information content (AvgIpc) is 3.34. The minimum Gasteiger partial charge on any atom is -0.360 e. The number of benzene rings is 1. The van der Waals surface area contributed by atoms with Crippen LogP contribution in [0.2, 0.25) is 0 Å². The summed E-state index contributed by atoms with van der Waals surface area (Å²) >= 11 is 4.89. The topological polar surface area (TPSA) is 50.7 Å². The maximum atomic E-state index is 13.9. The average molecular weight is 403 g/mol. The molecular formula is C18H15FN4S3. The second-order valence-electron chi connectivity index (χ2n) is 5.52. The Labute approximate surface area is 162 Å². The lowest BCUT2D eigenvalue weighted by Crippen LogP contribution is -2.03. The van der Waals surface area contributed by atoms with Gasteiger partial charge in [-0.2, -0.15) is 0 Å². The highest BCUT2D eigenvalue weighted by Gasteiger charge is 2.10. The Morgan fingerprint density at radius 3 is 2.96 bits per heavy atom. The standard InChI is InChI=1S/C18H15FN4S3/c19-15-6-5-12(16-14(15)4-1-8-20-16)11-25-18-23-22-17(26-18)21-9-7-13-3-2-10-24-13/h1-6,8,10H,7,9,11H2,(H,21,22). The number of pyridine rings is 1. The van der Waals surface area contributed by atoms with Crippen LogP contribution in [0.15, 0.2) is 52.3 Å². The van der Waals surface area contributed by atoms with Crippen LogP contribution in [-0.2, 0) is 12.2 Å². The molecule has 0 bridgehead atoms. The van der Waals surface area contributed by atoms with Gasteiger partial charge in [0.15, 0.2) is 4.34 Å². The Morgan fingerprint density at radius 1 is 1.12 bits per heavy atom. The molecule has 0 fully saturated rings. The maximum Gasteiger partial charge on any atom is 0.206 e. The number of nitrogens with zero attached hydrogens (tertiary/aromatic N) is 3. The number of fused-ring (bicyclic) bond motifs is 1. The summed E-state index contributed by atoms with van der Waals surface area (Å²) in [6, 6.07) is 11.0. The van der Waals surface area contributed by atoms with Gasteiger partial charge in [-0.05, 0) is 41.6 Å². The molecule has 26 heavy (non-hydrogen) atoms. The molecule has 4 rings (SSSR count). The minimum absolute atomic E-state index is 0.241. The zero-order valence-electron chi connectivity index (χ0n) is 13.7. The summed E-state index contributed by atoms with van der Waals surface area (Å²) < 4.78 is 14.8. The molecule has 1 N–H and O–H groups in total.